The zero-order valence-electron chi connectivity index (χ0n) is 8.95. The van der Waals surface area contributed by atoms with Crippen LogP contribution < -0.4 is 10.1 Å². The average Bonchev–Trinajstić information content (AvgIpc) is 2.90. The fraction of sp³-hybridized carbons (Fsp3) is 0.364. The van der Waals surface area contributed by atoms with E-state index >= 15 is 0 Å². The molecule has 0 saturated heterocycles. The Labute approximate surface area is 92.1 Å². The molecule has 0 spiro atoms. The molecule has 1 N–H and O–H groups in total. The van der Waals surface area contributed by atoms with Gasteiger partial charge in [-0.25, -0.2) is 4.98 Å². The van der Waals surface area contributed by atoms with Crippen LogP contribution in [0.4, 0.5) is 5.69 Å². The van der Waals surface area contributed by atoms with Gasteiger partial charge in [-0.3, -0.25) is 0 Å². The van der Waals surface area contributed by atoms with Gasteiger partial charge >= 0.3 is 0 Å². The second kappa shape index (κ2) is 3.82. The Morgan fingerprint density at radius 2 is 2.27 bits per heavy atom. The number of hydrogen-bond acceptors (Lipinski definition) is 3. The van der Waals surface area contributed by atoms with Crippen LogP contribution in [0.3, 0.4) is 0 Å². The van der Waals surface area contributed by atoms with Gasteiger partial charge in [-0.15, -0.1) is 9.24 Å². The van der Waals surface area contributed by atoms with E-state index in [0.29, 0.717) is 12.5 Å². The molecule has 0 saturated carbocycles. The summed E-state index contributed by atoms with van der Waals surface area (Å²) in [5, 5.41) is 3.36. The fourth-order valence-corrected chi connectivity index (χ4v) is 1.52. The molecular weight excluding hydrogens is 207 g/mol. The summed E-state index contributed by atoms with van der Waals surface area (Å²) in [7, 11) is 2.76. The number of aryl methyl sites for hydroxylation is 1. The van der Waals surface area contributed by atoms with Gasteiger partial charge in [-0.1, -0.05) is 12.2 Å². The Hall–Kier alpha value is -1.08. The molecule has 0 aliphatic heterocycles. The second-order valence-electron chi connectivity index (χ2n) is 3.66. The predicted molar refractivity (Wildman–Crippen MR) is 65.3 cm³/mol. The first kappa shape index (κ1) is 10.4. The van der Waals surface area contributed by atoms with Crippen molar-refractivity contribution in [3.05, 3.63) is 30.0 Å². The van der Waals surface area contributed by atoms with Crippen LogP contribution >= 0.6 is 9.24 Å². The van der Waals surface area contributed by atoms with Gasteiger partial charge in [0, 0.05) is 18.0 Å². The van der Waals surface area contributed by atoms with Crippen LogP contribution in [-0.4, -0.2) is 16.9 Å². The number of nitrogens with zero attached hydrogens (tertiary/aromatic N) is 1. The molecule has 1 aromatic rings. The number of nitrogens with one attached hydrogen (secondary N) is 1. The lowest BCUT2D eigenvalue weighted by molar-refractivity contribution is 0.327. The highest BCUT2D eigenvalue weighted by atomic mass is 31.0. The second-order valence-corrected chi connectivity index (χ2v) is 4.62. The lowest BCUT2D eigenvalue weighted by Gasteiger charge is -2.16. The van der Waals surface area contributed by atoms with Gasteiger partial charge in [-0.05, 0) is 19.4 Å². The molecule has 1 heterocycles. The molecule has 1 atom stereocenters. The van der Waals surface area contributed by atoms with Crippen molar-refractivity contribution in [2.45, 2.75) is 19.1 Å². The summed E-state index contributed by atoms with van der Waals surface area (Å²) in [5.74, 6) is 0.667. The third-order valence-corrected chi connectivity index (χ3v) is 2.78. The Morgan fingerprint density at radius 3 is 2.87 bits per heavy atom. The van der Waals surface area contributed by atoms with Gasteiger partial charge in [0.2, 0.25) is 5.88 Å². The maximum Gasteiger partial charge on any atom is 0.215 e. The van der Waals surface area contributed by atoms with E-state index in [0.717, 1.165) is 11.3 Å². The Kier molecular flexibility index (Phi) is 2.66. The summed E-state index contributed by atoms with van der Waals surface area (Å²) >= 11 is 0. The van der Waals surface area contributed by atoms with Crippen molar-refractivity contribution in [2.75, 3.05) is 11.9 Å². The van der Waals surface area contributed by atoms with Crippen molar-refractivity contribution in [3.8, 4) is 5.88 Å². The number of rotatable bonds is 4. The molecule has 4 heteroatoms. The van der Waals surface area contributed by atoms with Crippen molar-refractivity contribution in [1.82, 2.24) is 4.98 Å². The fourth-order valence-electron chi connectivity index (χ4n) is 1.27. The summed E-state index contributed by atoms with van der Waals surface area (Å²) in [6.07, 6.45) is 6.01. The summed E-state index contributed by atoms with van der Waals surface area (Å²) < 4.78 is 5.36. The van der Waals surface area contributed by atoms with Crippen LogP contribution in [0.25, 0.3) is 0 Å². The molecule has 0 radical (unpaired) electrons. The van der Waals surface area contributed by atoms with E-state index in [2.05, 4.69) is 31.7 Å². The normalized spacial score (nSPS) is 16.2. The van der Waals surface area contributed by atoms with Gasteiger partial charge in [0.15, 0.2) is 0 Å². The molecule has 3 nitrogen and oxygen atoms in total. The van der Waals surface area contributed by atoms with Gasteiger partial charge in [0.1, 0.15) is 0 Å². The SMILES string of the molecule is CCOc1cc(NC2(P)C=C2)c(C)cn1. The van der Waals surface area contributed by atoms with Crippen LogP contribution in [0.2, 0.25) is 0 Å². The quantitative estimate of drug-likeness (QED) is 0.627. The van der Waals surface area contributed by atoms with Crippen molar-refractivity contribution in [1.29, 1.82) is 0 Å². The standard InChI is InChI=1S/C11H15N2OP/c1-3-14-10-6-9(8(2)7-12-10)13-11(15)4-5-11/h4-7H,3,15H2,1-2H3,(H,12,13). The minimum atomic E-state index is -0.0321. The van der Waals surface area contributed by atoms with E-state index in [1.54, 1.807) is 0 Å². The average molecular weight is 222 g/mol. The first-order chi connectivity index (χ1) is 7.13. The molecule has 0 fully saturated rings. The van der Waals surface area contributed by atoms with E-state index in [1.807, 2.05) is 26.1 Å². The Morgan fingerprint density at radius 1 is 1.53 bits per heavy atom. The number of aromatic nitrogens is 1. The third kappa shape index (κ3) is 2.48. The topological polar surface area (TPSA) is 34.1 Å². The molecule has 15 heavy (non-hydrogen) atoms. The van der Waals surface area contributed by atoms with Crippen LogP contribution in [-0.2, 0) is 0 Å². The first-order valence-electron chi connectivity index (χ1n) is 5.00. The molecule has 1 aromatic heterocycles. The van der Waals surface area contributed by atoms with Crippen LogP contribution in [0.15, 0.2) is 24.4 Å². The van der Waals surface area contributed by atoms with Crippen molar-refractivity contribution in [2.24, 2.45) is 0 Å². The number of pyridine rings is 1. The van der Waals surface area contributed by atoms with E-state index in [-0.39, 0.29) is 5.28 Å². The lowest BCUT2D eigenvalue weighted by atomic mass is 10.2. The van der Waals surface area contributed by atoms with E-state index in [4.69, 9.17) is 4.74 Å². The van der Waals surface area contributed by atoms with Crippen LogP contribution in [0.5, 0.6) is 5.88 Å². The minimum absolute atomic E-state index is 0.0321. The highest BCUT2D eigenvalue weighted by Crippen LogP contribution is 2.36. The lowest BCUT2D eigenvalue weighted by Crippen LogP contribution is -2.15. The Balaban J connectivity index is 2.17. The van der Waals surface area contributed by atoms with Crippen LogP contribution in [0.1, 0.15) is 12.5 Å². The summed E-state index contributed by atoms with van der Waals surface area (Å²) in [4.78, 5) is 4.19. The number of hydrogen-bond donors (Lipinski definition) is 1. The molecule has 0 aromatic carbocycles. The molecule has 1 unspecified atom stereocenters. The zero-order chi connectivity index (χ0) is 10.9. The van der Waals surface area contributed by atoms with E-state index < -0.39 is 0 Å². The highest BCUT2D eigenvalue weighted by molar-refractivity contribution is 7.20. The van der Waals surface area contributed by atoms with Gasteiger partial charge < -0.3 is 10.1 Å². The van der Waals surface area contributed by atoms with E-state index in [9.17, 15) is 0 Å². The van der Waals surface area contributed by atoms with Crippen molar-refractivity contribution >= 4 is 14.9 Å². The Bertz CT molecular complexity index is 398. The minimum Gasteiger partial charge on any atom is -0.478 e. The van der Waals surface area contributed by atoms with Gasteiger partial charge in [0.05, 0.1) is 11.9 Å². The largest absolute Gasteiger partial charge is 0.478 e. The predicted octanol–water partition coefficient (Wildman–Crippen LogP) is 2.34. The molecule has 0 amide bonds. The maximum atomic E-state index is 5.36. The highest BCUT2D eigenvalue weighted by Gasteiger charge is 2.28. The van der Waals surface area contributed by atoms with Crippen LogP contribution in [0, 0.1) is 6.92 Å². The smallest absolute Gasteiger partial charge is 0.215 e. The molecule has 80 valence electrons. The number of anilines is 1. The van der Waals surface area contributed by atoms with Gasteiger partial charge in [0.25, 0.3) is 0 Å². The summed E-state index contributed by atoms with van der Waals surface area (Å²) in [6, 6.07) is 1.94. The molecule has 2 rings (SSSR count). The van der Waals surface area contributed by atoms with Crippen molar-refractivity contribution < 1.29 is 4.74 Å². The molecule has 0 bridgehead atoms. The first-order valence-corrected chi connectivity index (χ1v) is 5.57. The molecule has 1 aliphatic carbocycles. The third-order valence-electron chi connectivity index (χ3n) is 2.25. The zero-order valence-corrected chi connectivity index (χ0v) is 10.1. The molecule has 1 aliphatic rings. The van der Waals surface area contributed by atoms with E-state index in [1.165, 1.54) is 0 Å². The summed E-state index contributed by atoms with van der Waals surface area (Å²) in [5.41, 5.74) is 2.18. The van der Waals surface area contributed by atoms with Crippen molar-refractivity contribution in [3.63, 3.8) is 0 Å². The number of ether oxygens (including phenoxy) is 1. The van der Waals surface area contributed by atoms with Gasteiger partial charge in [-0.2, -0.15) is 0 Å². The monoisotopic (exact) mass is 222 g/mol. The maximum absolute atomic E-state index is 5.36. The molecular formula is C11H15N2OP. The summed E-state index contributed by atoms with van der Waals surface area (Å²) in [6.45, 7) is 4.62.